The van der Waals surface area contributed by atoms with E-state index >= 15 is 0 Å². The molecule has 0 aliphatic heterocycles. The number of aliphatic hydroxyl groups excluding tert-OH is 1. The standard InChI is InChI=1S/C10H16F3NO2/c11-10(12,13)4-3-9(16)14-6-7-1-2-8(15)5-7/h7-8,15H,1-6H2,(H,14,16). The van der Waals surface area contributed by atoms with Crippen LogP contribution in [0, 0.1) is 5.92 Å². The average Bonchev–Trinajstić information content (AvgIpc) is 2.57. The maximum absolute atomic E-state index is 11.8. The Balaban J connectivity index is 2.11. The van der Waals surface area contributed by atoms with E-state index in [9.17, 15) is 23.1 Å². The molecule has 0 aromatic rings. The topological polar surface area (TPSA) is 49.3 Å². The number of carbonyl (C=O) groups excluding carboxylic acids is 1. The summed E-state index contributed by atoms with van der Waals surface area (Å²) >= 11 is 0. The van der Waals surface area contributed by atoms with Crippen LogP contribution in [0.2, 0.25) is 0 Å². The minimum Gasteiger partial charge on any atom is -0.393 e. The predicted molar refractivity (Wildman–Crippen MR) is 51.6 cm³/mol. The van der Waals surface area contributed by atoms with E-state index in [2.05, 4.69) is 5.32 Å². The van der Waals surface area contributed by atoms with Crippen molar-refractivity contribution in [1.82, 2.24) is 5.32 Å². The Hall–Kier alpha value is -0.780. The van der Waals surface area contributed by atoms with E-state index in [-0.39, 0.29) is 12.0 Å². The second-order valence-electron chi connectivity index (χ2n) is 4.25. The molecule has 1 aliphatic carbocycles. The summed E-state index contributed by atoms with van der Waals surface area (Å²) in [6, 6.07) is 0. The van der Waals surface area contributed by atoms with Crippen LogP contribution in [-0.4, -0.2) is 29.8 Å². The number of alkyl halides is 3. The average molecular weight is 239 g/mol. The van der Waals surface area contributed by atoms with Crippen LogP contribution in [0.25, 0.3) is 0 Å². The van der Waals surface area contributed by atoms with Crippen molar-refractivity contribution in [2.24, 2.45) is 5.92 Å². The molecule has 0 spiro atoms. The molecule has 1 amide bonds. The van der Waals surface area contributed by atoms with Crippen LogP contribution in [0.15, 0.2) is 0 Å². The number of aliphatic hydroxyl groups is 1. The number of nitrogens with one attached hydrogen (secondary N) is 1. The van der Waals surface area contributed by atoms with E-state index in [4.69, 9.17) is 0 Å². The number of carbonyl (C=O) groups is 1. The summed E-state index contributed by atoms with van der Waals surface area (Å²) in [5.41, 5.74) is 0. The molecule has 1 aliphatic rings. The number of hydrogen-bond donors (Lipinski definition) is 2. The Bertz CT molecular complexity index is 243. The fraction of sp³-hybridized carbons (Fsp3) is 0.900. The van der Waals surface area contributed by atoms with Gasteiger partial charge in [-0.2, -0.15) is 13.2 Å². The van der Waals surface area contributed by atoms with Gasteiger partial charge in [0.15, 0.2) is 0 Å². The summed E-state index contributed by atoms with van der Waals surface area (Å²) in [7, 11) is 0. The highest BCUT2D eigenvalue weighted by Crippen LogP contribution is 2.25. The summed E-state index contributed by atoms with van der Waals surface area (Å²) in [5, 5.41) is 11.7. The Labute approximate surface area is 92.0 Å². The molecule has 1 saturated carbocycles. The molecule has 0 saturated heterocycles. The molecule has 1 rings (SSSR count). The molecule has 94 valence electrons. The van der Waals surface area contributed by atoms with Gasteiger partial charge in [0, 0.05) is 13.0 Å². The van der Waals surface area contributed by atoms with Gasteiger partial charge in [0.2, 0.25) is 5.91 Å². The number of halogens is 3. The maximum Gasteiger partial charge on any atom is 0.389 e. The van der Waals surface area contributed by atoms with Crippen LogP contribution in [0.1, 0.15) is 32.1 Å². The quantitative estimate of drug-likeness (QED) is 0.783. The van der Waals surface area contributed by atoms with Gasteiger partial charge in [-0.05, 0) is 25.2 Å². The van der Waals surface area contributed by atoms with Gasteiger partial charge in [0.25, 0.3) is 0 Å². The molecule has 0 bridgehead atoms. The zero-order valence-electron chi connectivity index (χ0n) is 8.89. The Morgan fingerprint density at radius 3 is 2.56 bits per heavy atom. The third kappa shape index (κ3) is 5.34. The number of amides is 1. The molecule has 2 atom stereocenters. The van der Waals surface area contributed by atoms with Crippen molar-refractivity contribution in [1.29, 1.82) is 0 Å². The fourth-order valence-electron chi connectivity index (χ4n) is 1.84. The molecule has 16 heavy (non-hydrogen) atoms. The normalized spacial score (nSPS) is 25.8. The van der Waals surface area contributed by atoms with Gasteiger partial charge in [-0.25, -0.2) is 0 Å². The van der Waals surface area contributed by atoms with Crippen molar-refractivity contribution in [2.75, 3.05) is 6.54 Å². The van der Waals surface area contributed by atoms with Crippen molar-refractivity contribution < 1.29 is 23.1 Å². The van der Waals surface area contributed by atoms with E-state index in [1.54, 1.807) is 0 Å². The van der Waals surface area contributed by atoms with Crippen LogP contribution in [0.4, 0.5) is 13.2 Å². The van der Waals surface area contributed by atoms with Crippen molar-refractivity contribution in [3.63, 3.8) is 0 Å². The lowest BCUT2D eigenvalue weighted by atomic mass is 10.1. The van der Waals surface area contributed by atoms with Gasteiger partial charge in [-0.15, -0.1) is 0 Å². The van der Waals surface area contributed by atoms with Gasteiger partial charge in [0.05, 0.1) is 12.5 Å². The molecule has 3 nitrogen and oxygen atoms in total. The van der Waals surface area contributed by atoms with Gasteiger partial charge < -0.3 is 10.4 Å². The van der Waals surface area contributed by atoms with Crippen LogP contribution in [-0.2, 0) is 4.79 Å². The van der Waals surface area contributed by atoms with Gasteiger partial charge in [-0.3, -0.25) is 4.79 Å². The zero-order chi connectivity index (χ0) is 12.2. The second-order valence-corrected chi connectivity index (χ2v) is 4.25. The van der Waals surface area contributed by atoms with Crippen molar-refractivity contribution in [2.45, 2.75) is 44.4 Å². The van der Waals surface area contributed by atoms with E-state index in [1.165, 1.54) is 0 Å². The highest BCUT2D eigenvalue weighted by atomic mass is 19.4. The van der Waals surface area contributed by atoms with Gasteiger partial charge in [0.1, 0.15) is 0 Å². The van der Waals surface area contributed by atoms with Crippen LogP contribution in [0.3, 0.4) is 0 Å². The summed E-state index contributed by atoms with van der Waals surface area (Å²) < 4.78 is 35.4. The first-order valence-corrected chi connectivity index (χ1v) is 5.38. The van der Waals surface area contributed by atoms with E-state index in [1.807, 2.05) is 0 Å². The minimum absolute atomic E-state index is 0.199. The minimum atomic E-state index is -4.28. The lowest BCUT2D eigenvalue weighted by molar-refractivity contribution is -0.144. The summed E-state index contributed by atoms with van der Waals surface area (Å²) in [6.07, 6.45) is -4.04. The number of hydrogen-bond acceptors (Lipinski definition) is 2. The van der Waals surface area contributed by atoms with Gasteiger partial charge in [-0.1, -0.05) is 0 Å². The molecule has 1 fully saturated rings. The molecule has 6 heteroatoms. The Kier molecular flexibility index (Phi) is 4.58. The van der Waals surface area contributed by atoms with E-state index in [0.717, 1.165) is 6.42 Å². The summed E-state index contributed by atoms with van der Waals surface area (Å²) in [6.45, 7) is 0.369. The zero-order valence-corrected chi connectivity index (χ0v) is 8.89. The highest BCUT2D eigenvalue weighted by molar-refractivity contribution is 5.75. The van der Waals surface area contributed by atoms with Gasteiger partial charge >= 0.3 is 6.18 Å². The molecule has 2 unspecified atom stereocenters. The fourth-order valence-corrected chi connectivity index (χ4v) is 1.84. The largest absolute Gasteiger partial charge is 0.393 e. The monoisotopic (exact) mass is 239 g/mol. The lowest BCUT2D eigenvalue weighted by Gasteiger charge is -2.11. The first-order chi connectivity index (χ1) is 7.37. The third-order valence-electron chi connectivity index (χ3n) is 2.74. The SMILES string of the molecule is O=C(CCC(F)(F)F)NCC1CCC(O)C1. The first kappa shape index (κ1) is 13.3. The maximum atomic E-state index is 11.8. The van der Waals surface area contributed by atoms with Crippen molar-refractivity contribution in [3.05, 3.63) is 0 Å². The molecular formula is C10H16F3NO2. The van der Waals surface area contributed by atoms with Crippen LogP contribution >= 0.6 is 0 Å². The lowest BCUT2D eigenvalue weighted by Crippen LogP contribution is -2.29. The molecular weight excluding hydrogens is 223 g/mol. The van der Waals surface area contributed by atoms with E-state index < -0.39 is 24.9 Å². The van der Waals surface area contributed by atoms with Crippen molar-refractivity contribution in [3.8, 4) is 0 Å². The molecule has 0 aromatic carbocycles. The Morgan fingerprint density at radius 1 is 1.38 bits per heavy atom. The Morgan fingerprint density at radius 2 is 2.06 bits per heavy atom. The second kappa shape index (κ2) is 5.52. The first-order valence-electron chi connectivity index (χ1n) is 5.38. The van der Waals surface area contributed by atoms with Crippen LogP contribution in [0.5, 0.6) is 0 Å². The number of rotatable bonds is 4. The van der Waals surface area contributed by atoms with Crippen LogP contribution < -0.4 is 5.32 Å². The molecule has 0 heterocycles. The summed E-state index contributed by atoms with van der Waals surface area (Å²) in [4.78, 5) is 11.1. The molecule has 0 radical (unpaired) electrons. The molecule has 2 N–H and O–H groups in total. The predicted octanol–water partition coefficient (Wildman–Crippen LogP) is 1.61. The van der Waals surface area contributed by atoms with E-state index in [0.29, 0.717) is 19.4 Å². The third-order valence-corrected chi connectivity index (χ3v) is 2.74. The van der Waals surface area contributed by atoms with Crippen molar-refractivity contribution >= 4 is 5.91 Å². The smallest absolute Gasteiger partial charge is 0.389 e. The molecule has 0 aromatic heterocycles. The highest BCUT2D eigenvalue weighted by Gasteiger charge is 2.28. The summed E-state index contributed by atoms with van der Waals surface area (Å²) in [5.74, 6) is -0.372.